The lowest BCUT2D eigenvalue weighted by atomic mass is 10.2. The number of hydrogen-bond acceptors (Lipinski definition) is 9. The third-order valence-corrected chi connectivity index (χ3v) is 29.0. The molecular weight excluding hydrogens is 734 g/mol. The van der Waals surface area contributed by atoms with Gasteiger partial charge in [0.2, 0.25) is 0 Å². The van der Waals surface area contributed by atoms with Gasteiger partial charge in [-0.15, -0.1) is 68.0 Å². The fourth-order valence-corrected chi connectivity index (χ4v) is 34.0. The Bertz CT molecular complexity index is 1800. The highest BCUT2D eigenvalue weighted by atomic mass is 35.6. The first-order chi connectivity index (χ1) is 19.5. The van der Waals surface area contributed by atoms with Crippen LogP contribution in [0.3, 0.4) is 0 Å². The van der Waals surface area contributed by atoms with Gasteiger partial charge in [0.05, 0.1) is 27.7 Å². The van der Waals surface area contributed by atoms with E-state index >= 15 is 0 Å². The summed E-state index contributed by atoms with van der Waals surface area (Å²) < 4.78 is 26.0. The Morgan fingerprint density at radius 1 is 0.400 bits per heavy atom. The number of halogens is 3. The van der Waals surface area contributed by atoms with Crippen LogP contribution in [0.15, 0.2) is 82.2 Å². The molecule has 6 aromatic heterocycles. The van der Waals surface area contributed by atoms with Gasteiger partial charge in [0.25, 0.3) is 0 Å². The summed E-state index contributed by atoms with van der Waals surface area (Å²) in [6.45, 7) is 0. The molecule has 0 N–H and O–H groups in total. The molecule has 0 fully saturated rings. The second kappa shape index (κ2) is 9.14. The predicted octanol–water partition coefficient (Wildman–Crippen LogP) is 10.6. The van der Waals surface area contributed by atoms with Crippen molar-refractivity contribution in [2.24, 2.45) is 13.5 Å². The van der Waals surface area contributed by atoms with E-state index in [0.717, 1.165) is 0 Å². The highest BCUT2D eigenvalue weighted by Gasteiger charge is 2.53. The summed E-state index contributed by atoms with van der Waals surface area (Å²) in [5, 5.41) is 13.5. The van der Waals surface area contributed by atoms with E-state index in [2.05, 4.69) is 68.7 Å². The highest BCUT2D eigenvalue weighted by molar-refractivity contribution is 8.07. The van der Waals surface area contributed by atoms with Crippen LogP contribution >= 0.6 is 124 Å². The van der Waals surface area contributed by atoms with Crippen LogP contribution < -0.4 is 27.7 Å². The Labute approximate surface area is 269 Å². The van der Waals surface area contributed by atoms with Crippen LogP contribution in [0.4, 0.5) is 0 Å². The summed E-state index contributed by atoms with van der Waals surface area (Å²) in [6, 6.07) is 13.8. The number of fused-ring (bicyclic) bond motifs is 15. The number of hydrogen-bond donors (Lipinski definition) is 0. The third kappa shape index (κ3) is 3.23. The number of thiophene rings is 6. The van der Waals surface area contributed by atoms with E-state index in [-0.39, 0.29) is 0 Å². The summed E-state index contributed by atoms with van der Waals surface area (Å²) in [6.07, 6.45) is 0. The molecule has 10 heterocycles. The molecular formula is C25H13Cl3N3P3S6. The lowest BCUT2D eigenvalue weighted by Crippen LogP contribution is -2.15. The Hall–Kier alpha value is -0.240. The van der Waals surface area contributed by atoms with Gasteiger partial charge in [0.15, 0.2) is 25.9 Å². The van der Waals surface area contributed by atoms with E-state index in [0.29, 0.717) is 0 Å². The first-order valence-electron chi connectivity index (χ1n) is 11.8. The lowest BCUT2D eigenvalue weighted by Gasteiger charge is -2.32. The monoisotopic (exact) mass is 745 g/mol. The zero-order chi connectivity index (χ0) is 26.9. The standard InChI is InChI=1S/C24H12N3P3S6.CHCl3/c1-7-31-19-13(1)14-2-8-32-20(14)28(19)25-29(21-15(3-9-33-21)16-4-10-34-22(16)29)27-30(26-28)23-17(5-11-35-23)18-6-12-36-24(18)30;2-1(3)4/h1-12H;1H. The molecule has 3 nitrogen and oxygen atoms in total. The van der Waals surface area contributed by atoms with Crippen LogP contribution in [0.2, 0.25) is 0 Å². The Kier molecular flexibility index (Phi) is 5.98. The topological polar surface area (TPSA) is 37.1 Å². The maximum absolute atomic E-state index is 6.10. The average Bonchev–Trinajstić information content (AvgIpc) is 3.79. The van der Waals surface area contributed by atoms with Crippen LogP contribution in [0.1, 0.15) is 0 Å². The van der Waals surface area contributed by atoms with Gasteiger partial charge in [0.1, 0.15) is 0 Å². The normalized spacial score (nSPS) is 18.3. The van der Waals surface area contributed by atoms with Gasteiger partial charge in [-0.1, -0.05) is 34.8 Å². The van der Waals surface area contributed by atoms with Crippen molar-refractivity contribution in [2.45, 2.75) is 4.30 Å². The molecule has 0 atom stereocenters. The van der Waals surface area contributed by atoms with Crippen molar-refractivity contribution >= 4 is 152 Å². The van der Waals surface area contributed by atoms with Crippen LogP contribution in [0.5, 0.6) is 0 Å². The molecule has 0 saturated heterocycles. The third-order valence-electron chi connectivity index (χ3n) is 7.22. The quantitative estimate of drug-likeness (QED) is 0.110. The Morgan fingerprint density at radius 3 is 0.750 bits per heavy atom. The van der Waals surface area contributed by atoms with Crippen molar-refractivity contribution in [1.82, 2.24) is 0 Å². The van der Waals surface area contributed by atoms with Gasteiger partial charge in [-0.05, 0) is 68.7 Å². The first-order valence-corrected chi connectivity index (χ1v) is 23.5. The van der Waals surface area contributed by atoms with Crippen molar-refractivity contribution in [2.75, 3.05) is 0 Å². The maximum Gasteiger partial charge on any atom is 0.180 e. The molecule has 10 rings (SSSR count). The maximum atomic E-state index is 6.10. The van der Waals surface area contributed by atoms with Crippen molar-refractivity contribution in [1.29, 1.82) is 0 Å². The van der Waals surface area contributed by atoms with E-state index in [4.69, 9.17) is 48.3 Å². The van der Waals surface area contributed by atoms with Crippen molar-refractivity contribution < 1.29 is 0 Å². The molecule has 6 aromatic rings. The second-order valence-corrected chi connectivity index (χ2v) is 26.9. The molecule has 4 aliphatic heterocycles. The van der Waals surface area contributed by atoms with Crippen LogP contribution in [0.25, 0.3) is 33.4 Å². The molecule has 0 aromatic carbocycles. The smallest absolute Gasteiger partial charge is 0.180 e. The van der Waals surface area contributed by atoms with Crippen molar-refractivity contribution in [3.8, 4) is 33.4 Å². The summed E-state index contributed by atoms with van der Waals surface area (Å²) in [4.78, 5) is 0. The summed E-state index contributed by atoms with van der Waals surface area (Å²) >= 11 is 25.7. The molecule has 0 radical (unpaired) electrons. The summed E-state index contributed by atoms with van der Waals surface area (Å²) in [5.41, 5.74) is 8.19. The fraction of sp³-hybridized carbons (Fsp3) is 0.0400. The minimum atomic E-state index is -2.36. The fourth-order valence-electron chi connectivity index (χ4n) is 5.87. The zero-order valence-electron chi connectivity index (χ0n) is 19.8. The zero-order valence-corrected chi connectivity index (χ0v) is 29.6. The van der Waals surface area contributed by atoms with Crippen LogP contribution in [0, 0.1) is 0 Å². The molecule has 40 heavy (non-hydrogen) atoms. The number of alkyl halides is 3. The Balaban J connectivity index is 0.000000544. The minimum Gasteiger partial charge on any atom is -0.220 e. The summed E-state index contributed by atoms with van der Waals surface area (Å²) in [5.74, 6) is 0. The van der Waals surface area contributed by atoms with E-state index in [1.54, 1.807) is 0 Å². The first kappa shape index (κ1) is 26.2. The number of nitrogens with zero attached hydrogens (tertiary/aromatic N) is 3. The summed E-state index contributed by atoms with van der Waals surface area (Å²) in [7, 11) is -7.08. The Morgan fingerprint density at radius 2 is 0.575 bits per heavy atom. The van der Waals surface area contributed by atoms with Gasteiger partial charge in [-0.25, -0.2) is 13.5 Å². The molecule has 4 aliphatic rings. The largest absolute Gasteiger partial charge is 0.220 e. The van der Waals surface area contributed by atoms with Crippen molar-refractivity contribution in [3.05, 3.63) is 68.7 Å². The van der Waals surface area contributed by atoms with Gasteiger partial charge < -0.3 is 0 Å². The minimum absolute atomic E-state index is 0.750. The molecule has 3 spiro atoms. The predicted molar refractivity (Wildman–Crippen MR) is 190 cm³/mol. The van der Waals surface area contributed by atoms with Crippen molar-refractivity contribution in [3.63, 3.8) is 0 Å². The second-order valence-electron chi connectivity index (χ2n) is 9.16. The van der Waals surface area contributed by atoms with Crippen LogP contribution in [-0.4, -0.2) is 4.30 Å². The average molecular weight is 747 g/mol. The van der Waals surface area contributed by atoms with Gasteiger partial charge in [-0.3, -0.25) is 0 Å². The van der Waals surface area contributed by atoms with E-state index in [1.807, 2.05) is 68.0 Å². The van der Waals surface area contributed by atoms with Crippen LogP contribution in [-0.2, 0) is 0 Å². The molecule has 0 amide bonds. The number of rotatable bonds is 0. The van der Waals surface area contributed by atoms with Gasteiger partial charge in [0, 0.05) is 33.4 Å². The molecule has 200 valence electrons. The van der Waals surface area contributed by atoms with Gasteiger partial charge in [-0.2, -0.15) is 0 Å². The molecule has 0 saturated carbocycles. The SMILES string of the molecule is ClC(Cl)Cl.c1cc2c(s1)P1(=NP3(=NP4(=N1)c1sccc1-c1ccsc14)c1sccc1-c1ccsc13)c1sccc1-2. The van der Waals surface area contributed by atoms with Gasteiger partial charge >= 0.3 is 0 Å². The molecule has 0 aliphatic carbocycles. The molecule has 0 bridgehead atoms. The highest BCUT2D eigenvalue weighted by Crippen LogP contribution is 2.82. The van der Waals surface area contributed by atoms with E-state index in [1.165, 1.54) is 61.1 Å². The van der Waals surface area contributed by atoms with E-state index in [9.17, 15) is 0 Å². The lowest BCUT2D eigenvalue weighted by molar-refractivity contribution is 1.73. The molecule has 0 unspecified atom stereocenters. The van der Waals surface area contributed by atoms with E-state index < -0.39 is 25.9 Å². The molecule has 15 heteroatoms.